The molecular formula is C16H10IrNO2-. The summed E-state index contributed by atoms with van der Waals surface area (Å²) in [5.74, 6) is 0.792. The van der Waals surface area contributed by atoms with Gasteiger partial charge in [0.2, 0.25) is 0 Å². The third-order valence-electron chi connectivity index (χ3n) is 3.42. The van der Waals surface area contributed by atoms with Crippen LogP contribution >= 0.6 is 0 Å². The van der Waals surface area contributed by atoms with Gasteiger partial charge in [-0.3, -0.25) is 4.98 Å². The normalized spacial score (nSPS) is 10.8. The quantitative estimate of drug-likeness (QED) is 0.332. The number of hydrogen-bond donors (Lipinski definition) is 0. The van der Waals surface area contributed by atoms with Crippen LogP contribution in [-0.2, 0) is 20.1 Å². The van der Waals surface area contributed by atoms with Crippen molar-refractivity contribution in [2.24, 2.45) is 0 Å². The summed E-state index contributed by atoms with van der Waals surface area (Å²) >= 11 is 0. The Balaban J connectivity index is 0.00000121. The van der Waals surface area contributed by atoms with Crippen molar-refractivity contribution in [3.63, 3.8) is 0 Å². The van der Waals surface area contributed by atoms with Crippen LogP contribution in [0.5, 0.6) is 5.75 Å². The number of methoxy groups -OCH3 is 1. The molecule has 1 heterocycles. The van der Waals surface area contributed by atoms with Gasteiger partial charge in [-0.1, -0.05) is 41.1 Å². The van der Waals surface area contributed by atoms with Gasteiger partial charge in [0.15, 0.2) is 6.39 Å². The topological polar surface area (TPSA) is 35.3 Å². The van der Waals surface area contributed by atoms with E-state index in [1.165, 1.54) is 6.39 Å². The molecule has 0 N–H and O–H groups in total. The Morgan fingerprint density at radius 1 is 1.15 bits per heavy atom. The van der Waals surface area contributed by atoms with E-state index in [1.54, 1.807) is 7.11 Å². The van der Waals surface area contributed by atoms with Crippen molar-refractivity contribution < 1.29 is 29.3 Å². The van der Waals surface area contributed by atoms with Gasteiger partial charge in [0, 0.05) is 36.8 Å². The van der Waals surface area contributed by atoms with Gasteiger partial charge in [0.05, 0.1) is 7.11 Å². The summed E-state index contributed by atoms with van der Waals surface area (Å²) in [7, 11) is 1.66. The number of aromatic nitrogens is 1. The molecule has 1 radical (unpaired) electrons. The summed E-state index contributed by atoms with van der Waals surface area (Å²) in [5, 5.41) is 4.22. The Kier molecular flexibility index (Phi) is 3.20. The molecule has 0 atom stereocenters. The van der Waals surface area contributed by atoms with Gasteiger partial charge in [-0.25, -0.2) is 0 Å². The predicted molar refractivity (Wildman–Crippen MR) is 74.4 cm³/mol. The number of rotatable bonds is 1. The minimum Gasteiger partial charge on any atom is -0.540 e. The number of oxazole rings is 1. The molecule has 0 fully saturated rings. The maximum absolute atomic E-state index is 5.53. The molecule has 4 heteroatoms. The molecule has 1 aromatic heterocycles. The molecule has 20 heavy (non-hydrogen) atoms. The molecule has 101 valence electrons. The second-order valence-electron chi connectivity index (χ2n) is 4.40. The molecule has 0 aliphatic carbocycles. The molecular weight excluding hydrogens is 430 g/mol. The third kappa shape index (κ3) is 1.73. The van der Waals surface area contributed by atoms with Crippen LogP contribution in [0.25, 0.3) is 32.6 Å². The van der Waals surface area contributed by atoms with Crippen LogP contribution in [-0.4, -0.2) is 12.1 Å². The number of benzene rings is 3. The molecule has 0 amide bonds. The van der Waals surface area contributed by atoms with Gasteiger partial charge in [-0.15, -0.1) is 17.5 Å². The zero-order chi connectivity index (χ0) is 12.8. The van der Waals surface area contributed by atoms with E-state index in [2.05, 4.69) is 17.1 Å². The number of hydrogen-bond acceptors (Lipinski definition) is 3. The molecule has 4 rings (SSSR count). The minimum absolute atomic E-state index is 0. The van der Waals surface area contributed by atoms with E-state index in [-0.39, 0.29) is 20.1 Å². The molecule has 4 aromatic rings. The van der Waals surface area contributed by atoms with Crippen molar-refractivity contribution in [3.05, 3.63) is 48.9 Å². The maximum Gasteiger partial charge on any atom is 0.171 e. The average molecular weight is 440 g/mol. The van der Waals surface area contributed by atoms with Crippen molar-refractivity contribution in [1.29, 1.82) is 0 Å². The Morgan fingerprint density at radius 3 is 2.75 bits per heavy atom. The second kappa shape index (κ2) is 4.89. The van der Waals surface area contributed by atoms with Gasteiger partial charge in [-0.05, 0) is 0 Å². The van der Waals surface area contributed by atoms with Crippen LogP contribution in [0.2, 0.25) is 0 Å². The monoisotopic (exact) mass is 441 g/mol. The Hall–Kier alpha value is -1.90. The first-order valence-electron chi connectivity index (χ1n) is 6.02. The summed E-state index contributed by atoms with van der Waals surface area (Å²) in [5.41, 5.74) is 1.65. The SMILES string of the molecule is COc1c[c-]c2c(c1)c1ccccc1c1ocnc21.[Ir]. The fourth-order valence-electron chi connectivity index (χ4n) is 2.53. The predicted octanol–water partition coefficient (Wildman–Crippen LogP) is 3.94. The first-order chi connectivity index (χ1) is 9.38. The zero-order valence-corrected chi connectivity index (χ0v) is 13.0. The molecule has 0 aliphatic heterocycles. The van der Waals surface area contributed by atoms with Crippen molar-refractivity contribution in [2.45, 2.75) is 0 Å². The second-order valence-corrected chi connectivity index (χ2v) is 4.40. The van der Waals surface area contributed by atoms with E-state index in [4.69, 9.17) is 9.15 Å². The Labute approximate surface area is 128 Å². The molecule has 3 aromatic carbocycles. The first-order valence-corrected chi connectivity index (χ1v) is 6.02. The molecule has 0 aliphatic rings. The number of nitrogens with zero attached hydrogens (tertiary/aromatic N) is 1. The van der Waals surface area contributed by atoms with Crippen LogP contribution < -0.4 is 4.74 Å². The van der Waals surface area contributed by atoms with E-state index in [0.29, 0.717) is 0 Å². The van der Waals surface area contributed by atoms with E-state index < -0.39 is 0 Å². The van der Waals surface area contributed by atoms with Crippen molar-refractivity contribution in [3.8, 4) is 5.75 Å². The van der Waals surface area contributed by atoms with Crippen LogP contribution in [0.4, 0.5) is 0 Å². The third-order valence-corrected chi connectivity index (χ3v) is 3.42. The van der Waals surface area contributed by atoms with Crippen LogP contribution in [0, 0.1) is 6.07 Å². The summed E-state index contributed by atoms with van der Waals surface area (Å²) in [4.78, 5) is 4.31. The van der Waals surface area contributed by atoms with Crippen LogP contribution in [0.3, 0.4) is 0 Å². The number of ether oxygens (including phenoxy) is 1. The van der Waals surface area contributed by atoms with E-state index in [1.807, 2.05) is 30.3 Å². The fourth-order valence-corrected chi connectivity index (χ4v) is 2.53. The number of fused-ring (bicyclic) bond motifs is 6. The van der Waals surface area contributed by atoms with E-state index >= 15 is 0 Å². The Bertz CT molecular complexity index is 914. The van der Waals surface area contributed by atoms with E-state index in [0.717, 1.165) is 38.4 Å². The molecule has 3 nitrogen and oxygen atoms in total. The van der Waals surface area contributed by atoms with Gasteiger partial charge in [-0.2, -0.15) is 0 Å². The van der Waals surface area contributed by atoms with Gasteiger partial charge in [0.25, 0.3) is 0 Å². The minimum atomic E-state index is 0. The molecule has 0 bridgehead atoms. The average Bonchev–Trinajstić information content (AvgIpc) is 2.96. The van der Waals surface area contributed by atoms with Crippen molar-refractivity contribution >= 4 is 32.6 Å². The zero-order valence-electron chi connectivity index (χ0n) is 10.6. The van der Waals surface area contributed by atoms with Gasteiger partial charge in [0.1, 0.15) is 5.58 Å². The smallest absolute Gasteiger partial charge is 0.171 e. The van der Waals surface area contributed by atoms with Crippen molar-refractivity contribution in [1.82, 2.24) is 4.98 Å². The largest absolute Gasteiger partial charge is 0.540 e. The molecule has 0 spiro atoms. The molecule has 0 saturated carbocycles. The maximum atomic E-state index is 5.53. The summed E-state index contributed by atoms with van der Waals surface area (Å²) in [6.07, 6.45) is 1.48. The van der Waals surface area contributed by atoms with Crippen molar-refractivity contribution in [2.75, 3.05) is 7.11 Å². The van der Waals surface area contributed by atoms with Crippen LogP contribution in [0.15, 0.2) is 47.2 Å². The summed E-state index contributed by atoms with van der Waals surface area (Å²) in [6, 6.07) is 15.2. The molecule has 0 unspecified atom stereocenters. The summed E-state index contributed by atoms with van der Waals surface area (Å²) < 4.78 is 10.8. The summed E-state index contributed by atoms with van der Waals surface area (Å²) in [6.45, 7) is 0. The first kappa shape index (κ1) is 13.1. The van der Waals surface area contributed by atoms with Gasteiger partial charge >= 0.3 is 0 Å². The van der Waals surface area contributed by atoms with Crippen LogP contribution in [0.1, 0.15) is 0 Å². The fraction of sp³-hybridized carbons (Fsp3) is 0.0625. The Morgan fingerprint density at radius 2 is 1.95 bits per heavy atom. The van der Waals surface area contributed by atoms with Gasteiger partial charge < -0.3 is 9.15 Å². The standard InChI is InChI=1S/C16H10NO2.Ir/c1-18-10-6-7-12-14(8-10)11-4-2-3-5-13(11)16-15(12)17-9-19-16;/h2-6,8-9H,1H3;/q-1;. The molecule has 0 saturated heterocycles. The van der Waals surface area contributed by atoms with E-state index in [9.17, 15) is 0 Å².